The molecule has 0 spiro atoms. The third-order valence-corrected chi connectivity index (χ3v) is 3.74. The van der Waals surface area contributed by atoms with Crippen molar-refractivity contribution in [3.05, 3.63) is 48.0 Å². The van der Waals surface area contributed by atoms with Gasteiger partial charge < -0.3 is 4.74 Å². The Morgan fingerprint density at radius 1 is 1.55 bits per heavy atom. The van der Waals surface area contributed by atoms with Gasteiger partial charge in [0.05, 0.1) is 18.7 Å². The number of rotatable bonds is 3. The maximum atomic E-state index is 12.4. The number of ether oxygens (including phenoxy) is 1. The van der Waals surface area contributed by atoms with Gasteiger partial charge >= 0.3 is 5.97 Å². The normalized spacial score (nSPS) is 26.2. The lowest BCUT2D eigenvalue weighted by atomic mass is 9.76. The van der Waals surface area contributed by atoms with Gasteiger partial charge in [-0.05, 0) is 25.1 Å². The first kappa shape index (κ1) is 14.3. The molecule has 1 aromatic carbocycles. The highest BCUT2D eigenvalue weighted by Crippen LogP contribution is 2.49. The maximum Gasteiger partial charge on any atom is 0.332 e. The zero-order valence-corrected chi connectivity index (χ0v) is 11.8. The molecule has 1 saturated heterocycles. The summed E-state index contributed by atoms with van der Waals surface area (Å²) in [6.45, 7) is 6.44. The summed E-state index contributed by atoms with van der Waals surface area (Å²) in [5, 5.41) is 9.70. The van der Waals surface area contributed by atoms with Gasteiger partial charge in [-0.3, -0.25) is 4.90 Å². The molecular weight excluding hydrogens is 252 g/mol. The van der Waals surface area contributed by atoms with E-state index >= 15 is 0 Å². The summed E-state index contributed by atoms with van der Waals surface area (Å²) in [4.78, 5) is 14.4. The molecule has 20 heavy (non-hydrogen) atoms. The second-order valence-electron chi connectivity index (χ2n) is 4.97. The van der Waals surface area contributed by atoms with Crippen LogP contribution in [-0.2, 0) is 9.53 Å². The fraction of sp³-hybridized carbons (Fsp3) is 0.375. The molecule has 0 bridgehead atoms. The minimum atomic E-state index is -1.33. The van der Waals surface area contributed by atoms with Crippen molar-refractivity contribution >= 4 is 5.97 Å². The molecule has 0 amide bonds. The highest BCUT2D eigenvalue weighted by Gasteiger charge is 2.56. The van der Waals surface area contributed by atoms with Crippen LogP contribution in [0.4, 0.5) is 0 Å². The summed E-state index contributed by atoms with van der Waals surface area (Å²) in [6, 6.07) is 11.4. The Morgan fingerprint density at radius 3 is 2.75 bits per heavy atom. The van der Waals surface area contributed by atoms with Crippen molar-refractivity contribution in [2.75, 3.05) is 20.2 Å². The Bertz CT molecular complexity index is 562. The maximum absolute atomic E-state index is 12.4. The molecule has 2 atom stereocenters. The molecular formula is C16H18N2O2. The van der Waals surface area contributed by atoms with Gasteiger partial charge in [-0.25, -0.2) is 4.79 Å². The van der Waals surface area contributed by atoms with Crippen LogP contribution in [0.5, 0.6) is 0 Å². The van der Waals surface area contributed by atoms with E-state index in [2.05, 4.69) is 12.6 Å². The SMILES string of the molecule is C=C1CN(C)[C@@H](c2ccccc2)[C@]1(C#N)C(=O)OCC. The number of hydrogen-bond donors (Lipinski definition) is 0. The van der Waals surface area contributed by atoms with Crippen LogP contribution in [0.2, 0.25) is 0 Å². The lowest BCUT2D eigenvalue weighted by Crippen LogP contribution is -2.38. The number of likely N-dealkylation sites (tertiary alicyclic amines) is 1. The van der Waals surface area contributed by atoms with E-state index in [1.54, 1.807) is 6.92 Å². The number of carbonyl (C=O) groups is 1. The van der Waals surface area contributed by atoms with E-state index in [0.29, 0.717) is 12.1 Å². The number of carbonyl (C=O) groups excluding carboxylic acids is 1. The Balaban J connectivity index is 2.54. The third kappa shape index (κ3) is 2.00. The predicted molar refractivity (Wildman–Crippen MR) is 75.6 cm³/mol. The Kier molecular flexibility index (Phi) is 3.91. The quantitative estimate of drug-likeness (QED) is 0.624. The van der Waals surface area contributed by atoms with Crippen molar-refractivity contribution in [1.82, 2.24) is 4.90 Å². The Hall–Kier alpha value is -2.12. The zero-order chi connectivity index (χ0) is 14.8. The molecule has 0 unspecified atom stereocenters. The van der Waals surface area contributed by atoms with Crippen LogP contribution in [0.3, 0.4) is 0 Å². The molecule has 0 aliphatic carbocycles. The van der Waals surface area contributed by atoms with Gasteiger partial charge in [0.25, 0.3) is 0 Å². The summed E-state index contributed by atoms with van der Waals surface area (Å²) in [7, 11) is 1.89. The van der Waals surface area contributed by atoms with Gasteiger partial charge in [-0.15, -0.1) is 0 Å². The molecule has 0 N–H and O–H groups in total. The molecule has 1 fully saturated rings. The van der Waals surface area contributed by atoms with Crippen molar-refractivity contribution in [2.24, 2.45) is 5.41 Å². The van der Waals surface area contributed by atoms with Gasteiger partial charge in [0.2, 0.25) is 0 Å². The van der Waals surface area contributed by atoms with Crippen LogP contribution in [0, 0.1) is 16.7 Å². The fourth-order valence-corrected chi connectivity index (χ4v) is 2.87. The van der Waals surface area contributed by atoms with Crippen LogP contribution in [0.15, 0.2) is 42.5 Å². The average molecular weight is 270 g/mol. The van der Waals surface area contributed by atoms with Crippen LogP contribution in [-0.4, -0.2) is 31.1 Å². The van der Waals surface area contributed by atoms with Gasteiger partial charge in [-0.1, -0.05) is 36.9 Å². The number of esters is 1. The second kappa shape index (κ2) is 5.48. The number of hydrogen-bond acceptors (Lipinski definition) is 4. The lowest BCUT2D eigenvalue weighted by Gasteiger charge is -2.30. The van der Waals surface area contributed by atoms with E-state index in [1.807, 2.05) is 42.3 Å². The molecule has 1 aliphatic heterocycles. The first-order valence-corrected chi connectivity index (χ1v) is 6.59. The summed E-state index contributed by atoms with van der Waals surface area (Å²) in [5.41, 5.74) is 0.185. The number of nitriles is 1. The zero-order valence-electron chi connectivity index (χ0n) is 11.8. The van der Waals surface area contributed by atoms with E-state index in [-0.39, 0.29) is 12.6 Å². The number of likely N-dealkylation sites (N-methyl/N-ethyl adjacent to an activating group) is 1. The average Bonchev–Trinajstić information content (AvgIpc) is 2.71. The highest BCUT2D eigenvalue weighted by molar-refractivity contribution is 5.86. The minimum Gasteiger partial charge on any atom is -0.464 e. The molecule has 2 rings (SSSR count). The molecule has 0 saturated carbocycles. The number of nitrogens with zero attached hydrogens (tertiary/aromatic N) is 2. The van der Waals surface area contributed by atoms with E-state index < -0.39 is 11.4 Å². The first-order chi connectivity index (χ1) is 9.57. The Morgan fingerprint density at radius 2 is 2.20 bits per heavy atom. The van der Waals surface area contributed by atoms with Crippen LogP contribution in [0.1, 0.15) is 18.5 Å². The summed E-state index contributed by atoms with van der Waals surface area (Å²) < 4.78 is 5.14. The highest BCUT2D eigenvalue weighted by atomic mass is 16.5. The summed E-state index contributed by atoms with van der Waals surface area (Å²) in [5.74, 6) is -0.509. The molecule has 0 radical (unpaired) electrons. The summed E-state index contributed by atoms with van der Waals surface area (Å²) >= 11 is 0. The van der Waals surface area contributed by atoms with E-state index in [1.165, 1.54) is 0 Å². The van der Waals surface area contributed by atoms with Crippen molar-refractivity contribution in [3.8, 4) is 6.07 Å². The van der Waals surface area contributed by atoms with Crippen LogP contribution >= 0.6 is 0 Å². The molecule has 4 nitrogen and oxygen atoms in total. The van der Waals surface area contributed by atoms with Crippen molar-refractivity contribution < 1.29 is 9.53 Å². The van der Waals surface area contributed by atoms with Crippen LogP contribution < -0.4 is 0 Å². The first-order valence-electron chi connectivity index (χ1n) is 6.59. The topological polar surface area (TPSA) is 53.3 Å². The predicted octanol–water partition coefficient (Wildman–Crippen LogP) is 2.30. The summed E-state index contributed by atoms with van der Waals surface area (Å²) in [6.07, 6.45) is 0. The van der Waals surface area contributed by atoms with Crippen molar-refractivity contribution in [1.29, 1.82) is 5.26 Å². The molecule has 1 heterocycles. The largest absolute Gasteiger partial charge is 0.464 e. The van der Waals surface area contributed by atoms with Gasteiger partial charge in [0.1, 0.15) is 0 Å². The minimum absolute atomic E-state index is 0.251. The van der Waals surface area contributed by atoms with E-state index in [0.717, 1.165) is 5.56 Å². The standard InChI is InChI=1S/C16H18N2O2/c1-4-20-15(19)16(11-17)12(2)10-18(3)14(16)13-8-6-5-7-9-13/h5-9,14H,2,4,10H2,1,3H3/t14-,16+/m0/s1. The van der Waals surface area contributed by atoms with Crippen molar-refractivity contribution in [2.45, 2.75) is 13.0 Å². The van der Waals surface area contributed by atoms with Crippen molar-refractivity contribution in [3.63, 3.8) is 0 Å². The molecule has 0 aromatic heterocycles. The molecule has 1 aliphatic rings. The van der Waals surface area contributed by atoms with E-state index in [4.69, 9.17) is 4.74 Å². The molecule has 4 heteroatoms. The van der Waals surface area contributed by atoms with Gasteiger partial charge in [0.15, 0.2) is 5.41 Å². The lowest BCUT2D eigenvalue weighted by molar-refractivity contribution is -0.151. The smallest absolute Gasteiger partial charge is 0.332 e. The van der Waals surface area contributed by atoms with Gasteiger partial charge in [-0.2, -0.15) is 5.26 Å². The Labute approximate surface area is 119 Å². The number of benzene rings is 1. The molecule has 1 aromatic rings. The van der Waals surface area contributed by atoms with Crippen LogP contribution in [0.25, 0.3) is 0 Å². The van der Waals surface area contributed by atoms with E-state index in [9.17, 15) is 10.1 Å². The second-order valence-corrected chi connectivity index (χ2v) is 4.97. The van der Waals surface area contributed by atoms with Gasteiger partial charge in [0, 0.05) is 6.54 Å². The monoisotopic (exact) mass is 270 g/mol. The molecule has 104 valence electrons. The fourth-order valence-electron chi connectivity index (χ4n) is 2.87. The third-order valence-electron chi connectivity index (χ3n) is 3.74.